The van der Waals surface area contributed by atoms with E-state index >= 15 is 0 Å². The minimum Gasteiger partial charge on any atom is -0.497 e. The van der Waals surface area contributed by atoms with Crippen molar-refractivity contribution in [2.75, 3.05) is 19.5 Å². The van der Waals surface area contributed by atoms with E-state index in [0.29, 0.717) is 0 Å². The van der Waals surface area contributed by atoms with E-state index < -0.39 is 0 Å². The van der Waals surface area contributed by atoms with Crippen LogP contribution < -0.4 is 14.8 Å². The van der Waals surface area contributed by atoms with E-state index in [4.69, 9.17) is 9.47 Å². The van der Waals surface area contributed by atoms with Crippen molar-refractivity contribution in [3.63, 3.8) is 0 Å². The molecule has 4 nitrogen and oxygen atoms in total. The number of methoxy groups -OCH3 is 2. The van der Waals surface area contributed by atoms with E-state index in [9.17, 15) is 0 Å². The summed E-state index contributed by atoms with van der Waals surface area (Å²) in [4.78, 5) is 4.36. The molecule has 0 amide bonds. The third-order valence-electron chi connectivity index (χ3n) is 3.28. The first kappa shape index (κ1) is 13.2. The molecule has 1 N–H and O–H groups in total. The minimum absolute atomic E-state index is 0.746. The summed E-state index contributed by atoms with van der Waals surface area (Å²) >= 11 is 0. The Morgan fingerprint density at radius 1 is 0.905 bits per heavy atom. The van der Waals surface area contributed by atoms with Crippen LogP contribution in [0.5, 0.6) is 11.5 Å². The quantitative estimate of drug-likeness (QED) is 0.784. The highest BCUT2D eigenvalue weighted by atomic mass is 16.5. The summed E-state index contributed by atoms with van der Waals surface area (Å²) in [5.41, 5.74) is 2.86. The number of pyridine rings is 1. The van der Waals surface area contributed by atoms with Gasteiger partial charge in [0.2, 0.25) is 0 Å². The number of anilines is 2. The van der Waals surface area contributed by atoms with Crippen LogP contribution in [0.3, 0.4) is 0 Å². The lowest BCUT2D eigenvalue weighted by Gasteiger charge is -2.12. The molecule has 0 aliphatic rings. The van der Waals surface area contributed by atoms with Gasteiger partial charge >= 0.3 is 0 Å². The van der Waals surface area contributed by atoms with Gasteiger partial charge in [-0.1, -0.05) is 18.2 Å². The van der Waals surface area contributed by atoms with Gasteiger partial charge in [-0.25, -0.2) is 0 Å². The Balaban J connectivity index is 2.02. The number of ether oxygens (including phenoxy) is 2. The number of fused-ring (bicyclic) bond motifs is 1. The van der Waals surface area contributed by atoms with Crippen LogP contribution in [-0.2, 0) is 0 Å². The molecule has 21 heavy (non-hydrogen) atoms. The summed E-state index contributed by atoms with van der Waals surface area (Å²) < 4.78 is 10.6. The normalized spacial score (nSPS) is 10.4. The number of hydrogen-bond donors (Lipinski definition) is 1. The molecule has 1 aromatic heterocycles. The van der Waals surface area contributed by atoms with Gasteiger partial charge in [0.25, 0.3) is 0 Å². The fraction of sp³-hybridized carbons (Fsp3) is 0.118. The lowest BCUT2D eigenvalue weighted by molar-refractivity contribution is 0.395. The van der Waals surface area contributed by atoms with Gasteiger partial charge in [-0.3, -0.25) is 4.98 Å². The third-order valence-corrected chi connectivity index (χ3v) is 3.28. The predicted octanol–water partition coefficient (Wildman–Crippen LogP) is 4.00. The number of nitrogens with zero attached hydrogens (tertiary/aromatic N) is 1. The van der Waals surface area contributed by atoms with Crippen molar-refractivity contribution < 1.29 is 9.47 Å². The van der Waals surface area contributed by atoms with Crippen LogP contribution in [0.2, 0.25) is 0 Å². The molecule has 0 aliphatic carbocycles. The van der Waals surface area contributed by atoms with Gasteiger partial charge in [0, 0.05) is 41.2 Å². The number of hydrogen-bond acceptors (Lipinski definition) is 4. The first-order valence-electron chi connectivity index (χ1n) is 6.64. The molecule has 0 spiro atoms. The SMILES string of the molecule is COc1cc(Nc2ccnc3ccccc23)cc(OC)c1. The maximum Gasteiger partial charge on any atom is 0.124 e. The second-order valence-corrected chi connectivity index (χ2v) is 4.60. The second kappa shape index (κ2) is 5.71. The van der Waals surface area contributed by atoms with Crippen LogP contribution in [0.25, 0.3) is 10.9 Å². The zero-order chi connectivity index (χ0) is 14.7. The molecule has 0 saturated carbocycles. The molecule has 106 valence electrons. The fourth-order valence-corrected chi connectivity index (χ4v) is 2.24. The van der Waals surface area contributed by atoms with E-state index in [2.05, 4.69) is 10.3 Å². The summed E-state index contributed by atoms with van der Waals surface area (Å²) in [7, 11) is 3.28. The van der Waals surface area contributed by atoms with E-state index in [0.717, 1.165) is 33.8 Å². The largest absolute Gasteiger partial charge is 0.497 e. The van der Waals surface area contributed by atoms with Gasteiger partial charge in [-0.05, 0) is 12.1 Å². The molecule has 0 bridgehead atoms. The van der Waals surface area contributed by atoms with Crippen molar-refractivity contribution in [3.05, 3.63) is 54.7 Å². The Morgan fingerprint density at radius 2 is 1.62 bits per heavy atom. The highest BCUT2D eigenvalue weighted by Gasteiger charge is 2.05. The lowest BCUT2D eigenvalue weighted by atomic mass is 10.2. The molecule has 3 rings (SSSR count). The van der Waals surface area contributed by atoms with Crippen molar-refractivity contribution in [2.24, 2.45) is 0 Å². The predicted molar refractivity (Wildman–Crippen MR) is 84.6 cm³/mol. The van der Waals surface area contributed by atoms with E-state index in [1.165, 1.54) is 0 Å². The van der Waals surface area contributed by atoms with Crippen LogP contribution in [0, 0.1) is 0 Å². The summed E-state index contributed by atoms with van der Waals surface area (Å²) in [5, 5.41) is 4.47. The van der Waals surface area contributed by atoms with Crippen molar-refractivity contribution in [1.29, 1.82) is 0 Å². The molecule has 4 heteroatoms. The Labute approximate surface area is 123 Å². The average molecular weight is 280 g/mol. The Kier molecular flexibility index (Phi) is 3.60. The van der Waals surface area contributed by atoms with E-state index in [-0.39, 0.29) is 0 Å². The average Bonchev–Trinajstić information content (AvgIpc) is 2.55. The molecule has 0 fully saturated rings. The number of aromatic nitrogens is 1. The first-order chi connectivity index (χ1) is 10.3. The Morgan fingerprint density at radius 3 is 2.33 bits per heavy atom. The van der Waals surface area contributed by atoms with Gasteiger partial charge in [0.15, 0.2) is 0 Å². The second-order valence-electron chi connectivity index (χ2n) is 4.60. The van der Waals surface area contributed by atoms with Crippen molar-refractivity contribution in [3.8, 4) is 11.5 Å². The van der Waals surface area contributed by atoms with Gasteiger partial charge in [0.05, 0.1) is 19.7 Å². The molecule has 2 aromatic carbocycles. The maximum absolute atomic E-state index is 5.29. The highest BCUT2D eigenvalue weighted by Crippen LogP contribution is 2.30. The van der Waals surface area contributed by atoms with Crippen molar-refractivity contribution in [2.45, 2.75) is 0 Å². The smallest absolute Gasteiger partial charge is 0.124 e. The Hall–Kier alpha value is -2.75. The minimum atomic E-state index is 0.746. The molecular weight excluding hydrogens is 264 g/mol. The van der Waals surface area contributed by atoms with Gasteiger partial charge in [-0.2, -0.15) is 0 Å². The van der Waals surface area contributed by atoms with Crippen LogP contribution >= 0.6 is 0 Å². The van der Waals surface area contributed by atoms with Crippen LogP contribution in [-0.4, -0.2) is 19.2 Å². The molecule has 0 atom stereocenters. The summed E-state index contributed by atoms with van der Waals surface area (Å²) in [6.07, 6.45) is 1.79. The molecule has 0 unspecified atom stereocenters. The number of nitrogens with one attached hydrogen (secondary N) is 1. The van der Waals surface area contributed by atoms with Gasteiger partial charge in [0.1, 0.15) is 11.5 Å². The zero-order valence-corrected chi connectivity index (χ0v) is 12.0. The summed E-state index contributed by atoms with van der Waals surface area (Å²) in [5.74, 6) is 1.49. The molecule has 0 saturated heterocycles. The molecule has 0 radical (unpaired) electrons. The summed E-state index contributed by atoms with van der Waals surface area (Å²) in [6.45, 7) is 0. The third kappa shape index (κ3) is 2.74. The van der Waals surface area contributed by atoms with E-state index in [1.807, 2.05) is 48.5 Å². The van der Waals surface area contributed by atoms with Crippen molar-refractivity contribution >= 4 is 22.3 Å². The van der Waals surface area contributed by atoms with E-state index in [1.54, 1.807) is 20.4 Å². The highest BCUT2D eigenvalue weighted by molar-refractivity contribution is 5.92. The Bertz CT molecular complexity index is 744. The molecular formula is C17H16N2O2. The maximum atomic E-state index is 5.29. The first-order valence-corrected chi connectivity index (χ1v) is 6.64. The molecule has 3 aromatic rings. The zero-order valence-electron chi connectivity index (χ0n) is 12.0. The topological polar surface area (TPSA) is 43.4 Å². The molecule has 1 heterocycles. The van der Waals surface area contributed by atoms with Gasteiger partial charge in [-0.15, -0.1) is 0 Å². The number of para-hydroxylation sites is 1. The standard InChI is InChI=1S/C17H16N2O2/c1-20-13-9-12(10-14(11-13)21-2)19-17-7-8-18-16-6-4-3-5-15(16)17/h3-11H,1-2H3,(H,18,19). The van der Waals surface area contributed by atoms with Crippen LogP contribution in [0.4, 0.5) is 11.4 Å². The number of benzene rings is 2. The summed E-state index contributed by atoms with van der Waals surface area (Å²) in [6, 6.07) is 15.7. The lowest BCUT2D eigenvalue weighted by Crippen LogP contribution is -1.95. The molecule has 0 aliphatic heterocycles. The van der Waals surface area contributed by atoms with Crippen molar-refractivity contribution in [1.82, 2.24) is 4.98 Å². The number of rotatable bonds is 4. The van der Waals surface area contributed by atoms with Gasteiger partial charge < -0.3 is 14.8 Å². The fourth-order valence-electron chi connectivity index (χ4n) is 2.24. The van der Waals surface area contributed by atoms with Crippen LogP contribution in [0.1, 0.15) is 0 Å². The van der Waals surface area contributed by atoms with Crippen LogP contribution in [0.15, 0.2) is 54.7 Å². The monoisotopic (exact) mass is 280 g/mol.